The third-order valence-corrected chi connectivity index (χ3v) is 3.51. The summed E-state index contributed by atoms with van der Waals surface area (Å²) in [4.78, 5) is 12.2. The van der Waals surface area contributed by atoms with Gasteiger partial charge < -0.3 is 11.1 Å². The third-order valence-electron chi connectivity index (χ3n) is 2.85. The van der Waals surface area contributed by atoms with Crippen molar-refractivity contribution in [3.63, 3.8) is 0 Å². The minimum atomic E-state index is -0.146. The molecule has 0 spiro atoms. The summed E-state index contributed by atoms with van der Waals surface area (Å²) >= 11 is 3.41. The summed E-state index contributed by atoms with van der Waals surface area (Å²) in [6, 6.07) is 13.2. The number of nitrogens with two attached hydrogens (primary N) is 1. The van der Waals surface area contributed by atoms with Crippen molar-refractivity contribution in [2.24, 2.45) is 5.73 Å². The Labute approximate surface area is 121 Å². The Morgan fingerprint density at radius 1 is 1.26 bits per heavy atom. The van der Waals surface area contributed by atoms with Crippen molar-refractivity contribution >= 4 is 27.5 Å². The molecule has 98 valence electrons. The van der Waals surface area contributed by atoms with E-state index < -0.39 is 0 Å². The second-order valence-corrected chi connectivity index (χ2v) is 5.15. The van der Waals surface area contributed by atoms with Crippen LogP contribution in [0.2, 0.25) is 0 Å². The van der Waals surface area contributed by atoms with Crippen LogP contribution in [0, 0.1) is 6.92 Å². The average Bonchev–Trinajstić information content (AvgIpc) is 2.39. The number of anilines is 1. The summed E-state index contributed by atoms with van der Waals surface area (Å²) in [6.07, 6.45) is 0. The summed E-state index contributed by atoms with van der Waals surface area (Å²) in [5.41, 5.74) is 9.03. The van der Waals surface area contributed by atoms with Gasteiger partial charge in [-0.2, -0.15) is 0 Å². The summed E-state index contributed by atoms with van der Waals surface area (Å²) in [5.74, 6) is -0.146. The number of hydrogen-bond donors (Lipinski definition) is 2. The van der Waals surface area contributed by atoms with Gasteiger partial charge in [-0.25, -0.2) is 0 Å². The van der Waals surface area contributed by atoms with E-state index in [9.17, 15) is 4.79 Å². The van der Waals surface area contributed by atoms with E-state index in [1.807, 2.05) is 43.3 Å². The summed E-state index contributed by atoms with van der Waals surface area (Å²) in [7, 11) is 0. The molecule has 3 N–H and O–H groups in total. The van der Waals surface area contributed by atoms with Crippen LogP contribution in [-0.4, -0.2) is 5.91 Å². The zero-order valence-corrected chi connectivity index (χ0v) is 12.2. The maximum Gasteiger partial charge on any atom is 0.256 e. The zero-order chi connectivity index (χ0) is 13.8. The third kappa shape index (κ3) is 3.22. The molecule has 0 saturated carbocycles. The molecule has 1 amide bonds. The Morgan fingerprint density at radius 3 is 2.68 bits per heavy atom. The molecule has 2 rings (SSSR count). The molecule has 0 bridgehead atoms. The maximum atomic E-state index is 12.2. The van der Waals surface area contributed by atoms with Gasteiger partial charge in [0.1, 0.15) is 0 Å². The second kappa shape index (κ2) is 5.99. The molecule has 4 heteroatoms. The Morgan fingerprint density at radius 2 is 2.00 bits per heavy atom. The van der Waals surface area contributed by atoms with E-state index in [0.717, 1.165) is 21.3 Å². The van der Waals surface area contributed by atoms with Gasteiger partial charge in [-0.3, -0.25) is 4.79 Å². The van der Waals surface area contributed by atoms with Gasteiger partial charge in [-0.05, 0) is 52.2 Å². The molecule has 3 nitrogen and oxygen atoms in total. The first-order valence-electron chi connectivity index (χ1n) is 5.97. The topological polar surface area (TPSA) is 55.1 Å². The smallest absolute Gasteiger partial charge is 0.256 e. The molecule has 2 aromatic carbocycles. The average molecular weight is 319 g/mol. The molecule has 0 saturated heterocycles. The number of carbonyl (C=O) groups is 1. The number of para-hydroxylation sites is 1. The number of rotatable bonds is 3. The van der Waals surface area contributed by atoms with E-state index in [-0.39, 0.29) is 5.91 Å². The molecule has 19 heavy (non-hydrogen) atoms. The van der Waals surface area contributed by atoms with Crippen molar-refractivity contribution in [2.75, 3.05) is 5.32 Å². The summed E-state index contributed by atoms with van der Waals surface area (Å²) in [5, 5.41) is 2.89. The van der Waals surface area contributed by atoms with Gasteiger partial charge in [0.15, 0.2) is 0 Å². The molecule has 0 aliphatic carbocycles. The molecule has 0 aromatic heterocycles. The van der Waals surface area contributed by atoms with E-state index in [2.05, 4.69) is 21.2 Å². The number of nitrogens with one attached hydrogen (secondary N) is 1. The fraction of sp³-hybridized carbons (Fsp3) is 0.133. The maximum absolute atomic E-state index is 12.2. The van der Waals surface area contributed by atoms with Crippen LogP contribution in [0.3, 0.4) is 0 Å². The lowest BCUT2D eigenvalue weighted by molar-refractivity contribution is 0.102. The van der Waals surface area contributed by atoms with Crippen molar-refractivity contribution < 1.29 is 4.79 Å². The molecule has 0 aliphatic heterocycles. The first kappa shape index (κ1) is 13.8. The largest absolute Gasteiger partial charge is 0.326 e. The van der Waals surface area contributed by atoms with Gasteiger partial charge in [0.05, 0.1) is 5.56 Å². The van der Waals surface area contributed by atoms with Crippen molar-refractivity contribution in [3.05, 3.63) is 63.6 Å². The lowest BCUT2D eigenvalue weighted by Crippen LogP contribution is -2.14. The number of benzene rings is 2. The zero-order valence-electron chi connectivity index (χ0n) is 10.6. The number of amides is 1. The number of hydrogen-bond acceptors (Lipinski definition) is 2. The molecule has 0 aliphatic rings. The van der Waals surface area contributed by atoms with E-state index in [1.54, 1.807) is 6.07 Å². The predicted octanol–water partition coefficient (Wildman–Crippen LogP) is 3.47. The number of halogens is 1. The molecular weight excluding hydrogens is 304 g/mol. The van der Waals surface area contributed by atoms with Gasteiger partial charge >= 0.3 is 0 Å². The van der Waals surface area contributed by atoms with E-state index in [4.69, 9.17) is 5.73 Å². The van der Waals surface area contributed by atoms with Crippen LogP contribution in [0.25, 0.3) is 0 Å². The fourth-order valence-corrected chi connectivity index (χ4v) is 2.49. The summed E-state index contributed by atoms with van der Waals surface area (Å²) in [6.45, 7) is 2.38. The van der Waals surface area contributed by atoms with Gasteiger partial charge in [0.25, 0.3) is 5.91 Å². The van der Waals surface area contributed by atoms with Crippen molar-refractivity contribution in [2.45, 2.75) is 13.5 Å². The van der Waals surface area contributed by atoms with Crippen LogP contribution >= 0.6 is 15.9 Å². The number of carbonyl (C=O) groups excluding carboxylic acids is 1. The minimum Gasteiger partial charge on any atom is -0.326 e. The molecular formula is C15H15BrN2O. The fourth-order valence-electron chi connectivity index (χ4n) is 1.81. The van der Waals surface area contributed by atoms with Gasteiger partial charge in [-0.15, -0.1) is 0 Å². The standard InChI is InChI=1S/C15H15BrN2O/c1-10-6-7-12(13(16)8-10)15(19)18-14-5-3-2-4-11(14)9-17/h2-8H,9,17H2,1H3,(H,18,19). The van der Waals surface area contributed by atoms with E-state index in [0.29, 0.717) is 12.1 Å². The lowest BCUT2D eigenvalue weighted by Gasteiger charge is -2.10. The lowest BCUT2D eigenvalue weighted by atomic mass is 10.1. The SMILES string of the molecule is Cc1ccc(C(=O)Nc2ccccc2CN)c(Br)c1. The molecule has 0 heterocycles. The Bertz CT molecular complexity index is 611. The summed E-state index contributed by atoms with van der Waals surface area (Å²) < 4.78 is 0.787. The van der Waals surface area contributed by atoms with Crippen LogP contribution in [0.15, 0.2) is 46.9 Å². The molecule has 0 fully saturated rings. The van der Waals surface area contributed by atoms with Crippen molar-refractivity contribution in [1.82, 2.24) is 0 Å². The van der Waals surface area contributed by atoms with Crippen LogP contribution in [0.4, 0.5) is 5.69 Å². The first-order valence-corrected chi connectivity index (χ1v) is 6.76. The van der Waals surface area contributed by atoms with E-state index in [1.165, 1.54) is 0 Å². The van der Waals surface area contributed by atoms with Crippen LogP contribution in [-0.2, 0) is 6.54 Å². The van der Waals surface area contributed by atoms with Crippen LogP contribution in [0.1, 0.15) is 21.5 Å². The molecule has 0 atom stereocenters. The van der Waals surface area contributed by atoms with Crippen molar-refractivity contribution in [3.8, 4) is 0 Å². The normalized spacial score (nSPS) is 10.3. The van der Waals surface area contributed by atoms with Gasteiger partial charge in [0, 0.05) is 16.7 Å². The highest BCUT2D eigenvalue weighted by molar-refractivity contribution is 9.10. The second-order valence-electron chi connectivity index (χ2n) is 4.30. The Kier molecular flexibility index (Phi) is 4.35. The molecule has 0 radical (unpaired) electrons. The van der Waals surface area contributed by atoms with Crippen LogP contribution < -0.4 is 11.1 Å². The minimum absolute atomic E-state index is 0.146. The highest BCUT2D eigenvalue weighted by Crippen LogP contribution is 2.21. The van der Waals surface area contributed by atoms with E-state index >= 15 is 0 Å². The molecule has 0 unspecified atom stereocenters. The first-order chi connectivity index (χ1) is 9.11. The highest BCUT2D eigenvalue weighted by Gasteiger charge is 2.11. The monoisotopic (exact) mass is 318 g/mol. The Hall–Kier alpha value is -1.65. The van der Waals surface area contributed by atoms with Crippen molar-refractivity contribution in [1.29, 1.82) is 0 Å². The number of aryl methyl sites for hydroxylation is 1. The van der Waals surface area contributed by atoms with Gasteiger partial charge in [0.2, 0.25) is 0 Å². The van der Waals surface area contributed by atoms with Crippen LogP contribution in [0.5, 0.6) is 0 Å². The highest BCUT2D eigenvalue weighted by atomic mass is 79.9. The Balaban J connectivity index is 2.26. The predicted molar refractivity (Wildman–Crippen MR) is 81.2 cm³/mol. The molecule has 2 aromatic rings. The quantitative estimate of drug-likeness (QED) is 0.910. The van der Waals surface area contributed by atoms with Gasteiger partial charge in [-0.1, -0.05) is 24.3 Å².